The summed E-state index contributed by atoms with van der Waals surface area (Å²) in [5.41, 5.74) is 0. The van der Waals surface area contributed by atoms with Gasteiger partial charge in [0.2, 0.25) is 5.91 Å². The first kappa shape index (κ1) is 15.8. The Morgan fingerprint density at radius 2 is 2.17 bits per heavy atom. The number of ether oxygens (including phenoxy) is 1. The van der Waals surface area contributed by atoms with Crippen LogP contribution in [-0.2, 0) is 9.53 Å². The Bertz CT molecular complexity index is 250. The molecule has 0 radical (unpaired) electrons. The monoisotopic (exact) mass is 327 g/mol. The molecule has 0 aromatic carbocycles. The molecule has 0 spiro atoms. The third-order valence-electron chi connectivity index (χ3n) is 3.07. The fourth-order valence-electron chi connectivity index (χ4n) is 1.91. The van der Waals surface area contributed by atoms with Crippen LogP contribution in [-0.4, -0.2) is 48.4 Å². The maximum Gasteiger partial charge on any atom is 0.261 e. The minimum absolute atomic E-state index is 0.0231. The first-order valence-corrected chi connectivity index (χ1v) is 7.48. The molecule has 1 saturated carbocycles. The lowest BCUT2D eigenvalue weighted by atomic mass is 9.91. The van der Waals surface area contributed by atoms with Gasteiger partial charge in [-0.15, -0.1) is 0 Å². The summed E-state index contributed by atoms with van der Waals surface area (Å²) in [5, 5.41) is 0.866. The van der Waals surface area contributed by atoms with Crippen LogP contribution in [0.1, 0.15) is 32.1 Å². The van der Waals surface area contributed by atoms with Gasteiger partial charge in [-0.2, -0.15) is 0 Å². The van der Waals surface area contributed by atoms with Crippen molar-refractivity contribution >= 4 is 21.8 Å². The van der Waals surface area contributed by atoms with E-state index >= 15 is 0 Å². The van der Waals surface area contributed by atoms with Crippen molar-refractivity contribution in [3.05, 3.63) is 0 Å². The summed E-state index contributed by atoms with van der Waals surface area (Å²) in [7, 11) is 0. The van der Waals surface area contributed by atoms with E-state index in [1.807, 2.05) is 4.90 Å². The van der Waals surface area contributed by atoms with Gasteiger partial charge in [0.15, 0.2) is 0 Å². The molecule has 0 aromatic heterocycles. The Kier molecular flexibility index (Phi) is 7.74. The Hall–Kier alpha value is -0.230. The fourth-order valence-corrected chi connectivity index (χ4v) is 2.17. The lowest BCUT2D eigenvalue weighted by Gasteiger charge is -2.37. The molecule has 106 valence electrons. The first-order valence-electron chi connectivity index (χ1n) is 6.36. The molecule has 0 heterocycles. The van der Waals surface area contributed by atoms with Crippen LogP contribution in [0.4, 0.5) is 8.78 Å². The SMILES string of the molecule is O=C(CCOCC(F)F)N(CCCBr)C1CCC1. The summed E-state index contributed by atoms with van der Waals surface area (Å²) in [6, 6.07) is 0.353. The van der Waals surface area contributed by atoms with Gasteiger partial charge >= 0.3 is 0 Å². The van der Waals surface area contributed by atoms with Gasteiger partial charge in [-0.25, -0.2) is 8.78 Å². The molecule has 6 heteroatoms. The Balaban J connectivity index is 2.25. The lowest BCUT2D eigenvalue weighted by molar-refractivity contribution is -0.136. The predicted molar refractivity (Wildman–Crippen MR) is 69.2 cm³/mol. The summed E-state index contributed by atoms with van der Waals surface area (Å²) in [4.78, 5) is 13.9. The van der Waals surface area contributed by atoms with E-state index in [0.717, 1.165) is 31.1 Å². The van der Waals surface area contributed by atoms with E-state index in [2.05, 4.69) is 15.9 Å². The second-order valence-corrected chi connectivity index (χ2v) is 5.22. The number of rotatable bonds is 9. The van der Waals surface area contributed by atoms with Crippen molar-refractivity contribution in [3.63, 3.8) is 0 Å². The van der Waals surface area contributed by atoms with Crippen LogP contribution in [0.5, 0.6) is 0 Å². The van der Waals surface area contributed by atoms with E-state index in [1.54, 1.807) is 0 Å². The van der Waals surface area contributed by atoms with Gasteiger partial charge in [-0.3, -0.25) is 4.79 Å². The topological polar surface area (TPSA) is 29.5 Å². The number of hydrogen-bond donors (Lipinski definition) is 0. The van der Waals surface area contributed by atoms with E-state index < -0.39 is 13.0 Å². The molecule has 3 nitrogen and oxygen atoms in total. The van der Waals surface area contributed by atoms with Gasteiger partial charge in [0.1, 0.15) is 6.61 Å². The van der Waals surface area contributed by atoms with E-state index in [-0.39, 0.29) is 18.9 Å². The van der Waals surface area contributed by atoms with Crippen LogP contribution < -0.4 is 0 Å². The van der Waals surface area contributed by atoms with Gasteiger partial charge < -0.3 is 9.64 Å². The van der Waals surface area contributed by atoms with Crippen molar-refractivity contribution in [3.8, 4) is 0 Å². The summed E-state index contributed by atoms with van der Waals surface area (Å²) >= 11 is 3.35. The molecule has 0 aromatic rings. The van der Waals surface area contributed by atoms with Gasteiger partial charge in [-0.05, 0) is 25.7 Å². The van der Waals surface area contributed by atoms with Gasteiger partial charge in [0.25, 0.3) is 6.43 Å². The van der Waals surface area contributed by atoms with E-state index in [9.17, 15) is 13.6 Å². The molecule has 0 atom stereocenters. The van der Waals surface area contributed by atoms with Crippen LogP contribution in [0, 0.1) is 0 Å². The highest BCUT2D eigenvalue weighted by atomic mass is 79.9. The number of alkyl halides is 3. The Morgan fingerprint density at radius 3 is 2.67 bits per heavy atom. The van der Waals surface area contributed by atoms with E-state index in [0.29, 0.717) is 6.04 Å². The normalized spacial score (nSPS) is 15.8. The minimum Gasteiger partial charge on any atom is -0.375 e. The van der Waals surface area contributed by atoms with Crippen LogP contribution in [0.3, 0.4) is 0 Å². The molecule has 1 rings (SSSR count). The molecule has 18 heavy (non-hydrogen) atoms. The molecule has 0 saturated heterocycles. The number of hydrogen-bond acceptors (Lipinski definition) is 2. The molecule has 0 bridgehead atoms. The summed E-state index contributed by atoms with van der Waals surface area (Å²) < 4.78 is 28.4. The average molecular weight is 328 g/mol. The van der Waals surface area contributed by atoms with Crippen molar-refractivity contribution in [1.82, 2.24) is 4.90 Å². The van der Waals surface area contributed by atoms with Crippen LogP contribution in [0.15, 0.2) is 0 Å². The summed E-state index contributed by atoms with van der Waals surface area (Å²) in [5.74, 6) is 0.0231. The Labute approximate surface area is 115 Å². The number of halogens is 3. The highest BCUT2D eigenvalue weighted by molar-refractivity contribution is 9.09. The quantitative estimate of drug-likeness (QED) is 0.481. The number of amides is 1. The van der Waals surface area contributed by atoms with E-state index in [1.165, 1.54) is 6.42 Å². The third kappa shape index (κ3) is 5.61. The second-order valence-electron chi connectivity index (χ2n) is 4.43. The third-order valence-corrected chi connectivity index (χ3v) is 3.63. The maximum atomic E-state index is 12.0. The zero-order valence-electron chi connectivity index (χ0n) is 10.4. The number of carbonyl (C=O) groups is 1. The van der Waals surface area contributed by atoms with Crippen molar-refractivity contribution < 1.29 is 18.3 Å². The lowest BCUT2D eigenvalue weighted by Crippen LogP contribution is -2.45. The minimum atomic E-state index is -2.46. The number of nitrogens with zero attached hydrogens (tertiary/aromatic N) is 1. The Morgan fingerprint density at radius 1 is 1.44 bits per heavy atom. The molecule has 0 N–H and O–H groups in total. The molecule has 0 aliphatic heterocycles. The van der Waals surface area contributed by atoms with Gasteiger partial charge in [0.05, 0.1) is 13.0 Å². The van der Waals surface area contributed by atoms with Crippen molar-refractivity contribution in [2.75, 3.05) is 25.1 Å². The fraction of sp³-hybridized carbons (Fsp3) is 0.917. The van der Waals surface area contributed by atoms with Crippen molar-refractivity contribution in [1.29, 1.82) is 0 Å². The van der Waals surface area contributed by atoms with E-state index in [4.69, 9.17) is 4.74 Å². The molecule has 1 aliphatic carbocycles. The molecule has 1 amide bonds. The van der Waals surface area contributed by atoms with Crippen LogP contribution >= 0.6 is 15.9 Å². The van der Waals surface area contributed by atoms with Crippen molar-refractivity contribution in [2.45, 2.75) is 44.6 Å². The summed E-state index contributed by atoms with van der Waals surface area (Å²) in [6.07, 6.45) is 1.95. The molecule has 0 unspecified atom stereocenters. The van der Waals surface area contributed by atoms with Crippen LogP contribution in [0.25, 0.3) is 0 Å². The van der Waals surface area contributed by atoms with Gasteiger partial charge in [0, 0.05) is 17.9 Å². The smallest absolute Gasteiger partial charge is 0.261 e. The second kappa shape index (κ2) is 8.80. The molecular weight excluding hydrogens is 308 g/mol. The highest BCUT2D eigenvalue weighted by Gasteiger charge is 2.27. The standard InChI is InChI=1S/C12H20BrF2NO2/c13-6-2-7-16(10-3-1-4-10)12(17)5-8-18-9-11(14)15/h10-11H,1-9H2. The zero-order chi connectivity index (χ0) is 13.4. The van der Waals surface area contributed by atoms with Crippen LogP contribution in [0.2, 0.25) is 0 Å². The molecule has 1 fully saturated rings. The first-order chi connectivity index (χ1) is 8.65. The van der Waals surface area contributed by atoms with Gasteiger partial charge in [-0.1, -0.05) is 15.9 Å². The number of carbonyl (C=O) groups excluding carboxylic acids is 1. The predicted octanol–water partition coefficient (Wildman–Crippen LogP) is 2.82. The highest BCUT2D eigenvalue weighted by Crippen LogP contribution is 2.25. The zero-order valence-corrected chi connectivity index (χ0v) is 12.0. The molecular formula is C12H20BrF2NO2. The largest absolute Gasteiger partial charge is 0.375 e. The summed E-state index contributed by atoms with van der Waals surface area (Å²) in [6.45, 7) is 0.239. The average Bonchev–Trinajstić information content (AvgIpc) is 2.26. The molecule has 1 aliphatic rings. The maximum absolute atomic E-state index is 12.0. The van der Waals surface area contributed by atoms with Crippen molar-refractivity contribution in [2.24, 2.45) is 0 Å².